The van der Waals surface area contributed by atoms with E-state index in [2.05, 4.69) is 4.98 Å². The van der Waals surface area contributed by atoms with Gasteiger partial charge in [0.25, 0.3) is 5.91 Å². The molecule has 146 valence electrons. The van der Waals surface area contributed by atoms with Gasteiger partial charge < -0.3 is 19.7 Å². The van der Waals surface area contributed by atoms with E-state index in [0.717, 1.165) is 10.9 Å². The molecule has 1 aliphatic heterocycles. The Morgan fingerprint density at radius 2 is 1.96 bits per heavy atom. The molecule has 26 heavy (non-hydrogen) atoms. The molecule has 1 fully saturated rings. The molecule has 1 saturated carbocycles. The minimum Gasteiger partial charge on any atom is -0.390 e. The van der Waals surface area contributed by atoms with E-state index in [-0.39, 0.29) is 24.0 Å². The molecule has 2 heterocycles. The van der Waals surface area contributed by atoms with Crippen LogP contribution in [0.3, 0.4) is 0 Å². The molecule has 0 spiro atoms. The average Bonchev–Trinajstić information content (AvgIpc) is 2.93. The van der Waals surface area contributed by atoms with E-state index in [9.17, 15) is 28.2 Å². The lowest BCUT2D eigenvalue weighted by Crippen LogP contribution is -2.56. The fourth-order valence-corrected chi connectivity index (χ4v) is 3.66. The maximum atomic E-state index is 12.8. The number of nitrogens with zero attached hydrogens (tertiary/aromatic N) is 4. The van der Waals surface area contributed by atoms with E-state index in [1.165, 1.54) is 16.8 Å². The summed E-state index contributed by atoms with van der Waals surface area (Å²) in [5.74, 6) is -0.554. The van der Waals surface area contributed by atoms with E-state index in [1.54, 1.807) is 6.92 Å². The highest BCUT2D eigenvalue weighted by atomic mass is 19.4. The number of carbonyl (C=O) groups excluding carboxylic acids is 1. The lowest BCUT2D eigenvalue weighted by molar-refractivity contribution is -0.140. The second-order valence-corrected chi connectivity index (χ2v) is 7.52. The van der Waals surface area contributed by atoms with E-state index < -0.39 is 30.6 Å². The highest BCUT2D eigenvalue weighted by Gasteiger charge is 2.42. The van der Waals surface area contributed by atoms with Gasteiger partial charge >= 0.3 is 6.18 Å². The number of amides is 1. The smallest absolute Gasteiger partial charge is 0.390 e. The molecule has 1 aliphatic carbocycles. The number of carbonyl (C=O) groups is 1. The summed E-state index contributed by atoms with van der Waals surface area (Å²) in [5.41, 5.74) is -0.894. The van der Waals surface area contributed by atoms with Crippen LogP contribution < -0.4 is 4.90 Å². The summed E-state index contributed by atoms with van der Waals surface area (Å²) in [7, 11) is 1.49. The summed E-state index contributed by atoms with van der Waals surface area (Å²) < 4.78 is 39.1. The standard InChI is InChI=1S/C16H23F3N4O3/c1-15(26)5-3-10(4-6-15)7-23-13(24)11-12(21(2)14(23)25)20-9-22(11)8-16(17,18)19/h9-10,14,25-26H,3-8H2,1-2H3. The molecular weight excluding hydrogens is 353 g/mol. The Morgan fingerprint density at radius 3 is 2.54 bits per heavy atom. The number of alkyl halides is 3. The predicted molar refractivity (Wildman–Crippen MR) is 86.3 cm³/mol. The van der Waals surface area contributed by atoms with Gasteiger partial charge in [-0.3, -0.25) is 9.69 Å². The Bertz CT molecular complexity index is 679. The van der Waals surface area contributed by atoms with E-state index in [4.69, 9.17) is 0 Å². The van der Waals surface area contributed by atoms with Crippen molar-refractivity contribution in [2.45, 2.75) is 57.3 Å². The highest BCUT2D eigenvalue weighted by Crippen LogP contribution is 2.35. The molecule has 3 rings (SSSR count). The summed E-state index contributed by atoms with van der Waals surface area (Å²) in [6.45, 7) is 0.669. The summed E-state index contributed by atoms with van der Waals surface area (Å²) in [6.07, 6.45) is -2.26. The number of halogens is 3. The van der Waals surface area contributed by atoms with Crippen molar-refractivity contribution in [1.29, 1.82) is 0 Å². The highest BCUT2D eigenvalue weighted by molar-refractivity contribution is 5.99. The van der Waals surface area contributed by atoms with Crippen LogP contribution in [0, 0.1) is 5.92 Å². The lowest BCUT2D eigenvalue weighted by Gasteiger charge is -2.42. The minimum absolute atomic E-state index is 0.0366. The molecule has 1 amide bonds. The second kappa shape index (κ2) is 6.41. The first-order valence-electron chi connectivity index (χ1n) is 8.55. The number of imidazole rings is 1. The molecular formula is C16H23F3N4O3. The molecule has 1 aromatic heterocycles. The third kappa shape index (κ3) is 3.66. The van der Waals surface area contributed by atoms with Crippen molar-refractivity contribution in [2.24, 2.45) is 5.92 Å². The first kappa shape index (κ1) is 19.0. The molecule has 7 nitrogen and oxygen atoms in total. The summed E-state index contributed by atoms with van der Waals surface area (Å²) in [5, 5.41) is 20.5. The zero-order valence-corrected chi connectivity index (χ0v) is 14.7. The zero-order valence-electron chi connectivity index (χ0n) is 14.7. The van der Waals surface area contributed by atoms with Gasteiger partial charge in [0.05, 0.1) is 11.9 Å². The Kier molecular flexibility index (Phi) is 4.68. The van der Waals surface area contributed by atoms with Gasteiger partial charge in [-0.05, 0) is 38.5 Å². The van der Waals surface area contributed by atoms with Crippen LogP contribution in [0.4, 0.5) is 19.0 Å². The minimum atomic E-state index is -4.48. The number of anilines is 1. The Morgan fingerprint density at radius 1 is 1.35 bits per heavy atom. The average molecular weight is 376 g/mol. The first-order chi connectivity index (χ1) is 12.0. The molecule has 0 bridgehead atoms. The molecule has 10 heteroatoms. The molecule has 1 atom stereocenters. The third-order valence-electron chi connectivity index (χ3n) is 5.23. The van der Waals surface area contributed by atoms with Crippen LogP contribution in [0.2, 0.25) is 0 Å². The Hall–Kier alpha value is -1.81. The summed E-state index contributed by atoms with van der Waals surface area (Å²) in [6, 6.07) is 0. The lowest BCUT2D eigenvalue weighted by atomic mass is 9.80. The van der Waals surface area contributed by atoms with Gasteiger partial charge in [0.2, 0.25) is 6.35 Å². The quantitative estimate of drug-likeness (QED) is 0.837. The normalized spacial score (nSPS) is 29.9. The number of rotatable bonds is 3. The molecule has 1 aromatic rings. The van der Waals surface area contributed by atoms with E-state index in [1.807, 2.05) is 0 Å². The van der Waals surface area contributed by atoms with Gasteiger partial charge in [0.15, 0.2) is 11.5 Å². The molecule has 0 aromatic carbocycles. The van der Waals surface area contributed by atoms with Crippen LogP contribution >= 0.6 is 0 Å². The number of aromatic nitrogens is 2. The van der Waals surface area contributed by atoms with Crippen LogP contribution in [0.5, 0.6) is 0 Å². The fourth-order valence-electron chi connectivity index (χ4n) is 3.66. The van der Waals surface area contributed by atoms with Crippen LogP contribution in [0.1, 0.15) is 43.1 Å². The third-order valence-corrected chi connectivity index (χ3v) is 5.23. The van der Waals surface area contributed by atoms with E-state index >= 15 is 0 Å². The van der Waals surface area contributed by atoms with Crippen molar-refractivity contribution in [3.63, 3.8) is 0 Å². The maximum absolute atomic E-state index is 12.8. The zero-order chi connectivity index (χ0) is 19.3. The monoisotopic (exact) mass is 376 g/mol. The van der Waals surface area contributed by atoms with Gasteiger partial charge in [-0.1, -0.05) is 0 Å². The SMILES string of the molecule is CN1c2ncn(CC(F)(F)F)c2C(=O)N(CC2CCC(C)(O)CC2)C1O. The maximum Gasteiger partial charge on any atom is 0.406 e. The van der Waals surface area contributed by atoms with Crippen LogP contribution in [0.25, 0.3) is 0 Å². The predicted octanol–water partition coefficient (Wildman–Crippen LogP) is 1.55. The van der Waals surface area contributed by atoms with Gasteiger partial charge in [0.1, 0.15) is 6.54 Å². The number of aliphatic hydroxyl groups excluding tert-OH is 1. The van der Waals surface area contributed by atoms with Crippen molar-refractivity contribution in [3.8, 4) is 0 Å². The molecule has 2 aliphatic rings. The van der Waals surface area contributed by atoms with Crippen molar-refractivity contribution < 1.29 is 28.2 Å². The summed E-state index contributed by atoms with van der Waals surface area (Å²) >= 11 is 0. The fraction of sp³-hybridized carbons (Fsp3) is 0.750. The summed E-state index contributed by atoms with van der Waals surface area (Å²) in [4.78, 5) is 19.2. The van der Waals surface area contributed by atoms with Crippen molar-refractivity contribution >= 4 is 11.7 Å². The number of hydrogen-bond acceptors (Lipinski definition) is 5. The molecule has 1 unspecified atom stereocenters. The first-order valence-corrected chi connectivity index (χ1v) is 8.55. The van der Waals surface area contributed by atoms with Crippen molar-refractivity contribution in [3.05, 3.63) is 12.0 Å². The van der Waals surface area contributed by atoms with Gasteiger partial charge in [-0.2, -0.15) is 13.2 Å². The van der Waals surface area contributed by atoms with E-state index in [0.29, 0.717) is 25.7 Å². The number of aliphatic hydroxyl groups is 2. The Labute approximate surface area is 149 Å². The van der Waals surface area contributed by atoms with Crippen LogP contribution in [0.15, 0.2) is 6.33 Å². The molecule has 2 N–H and O–H groups in total. The topological polar surface area (TPSA) is 81.8 Å². The Balaban J connectivity index is 1.81. The van der Waals surface area contributed by atoms with Crippen LogP contribution in [-0.4, -0.2) is 62.3 Å². The number of hydrogen-bond donors (Lipinski definition) is 2. The van der Waals surface area contributed by atoms with Crippen molar-refractivity contribution in [1.82, 2.24) is 14.5 Å². The largest absolute Gasteiger partial charge is 0.406 e. The molecule has 0 radical (unpaired) electrons. The van der Waals surface area contributed by atoms with Gasteiger partial charge in [-0.25, -0.2) is 4.98 Å². The second-order valence-electron chi connectivity index (χ2n) is 7.52. The molecule has 0 saturated heterocycles. The van der Waals surface area contributed by atoms with Crippen molar-refractivity contribution in [2.75, 3.05) is 18.5 Å². The van der Waals surface area contributed by atoms with Gasteiger partial charge in [0, 0.05) is 13.6 Å². The van der Waals surface area contributed by atoms with Crippen LogP contribution in [-0.2, 0) is 6.54 Å². The number of fused-ring (bicyclic) bond motifs is 1. The van der Waals surface area contributed by atoms with Gasteiger partial charge in [-0.15, -0.1) is 0 Å².